The van der Waals surface area contributed by atoms with E-state index in [0.29, 0.717) is 16.6 Å². The van der Waals surface area contributed by atoms with Crippen LogP contribution in [0.2, 0.25) is 10.0 Å². The summed E-state index contributed by atoms with van der Waals surface area (Å²) in [6.45, 7) is 2.68. The van der Waals surface area contributed by atoms with Gasteiger partial charge in [-0.1, -0.05) is 48.5 Å². The summed E-state index contributed by atoms with van der Waals surface area (Å²) in [5.74, 6) is 0. The van der Waals surface area contributed by atoms with Crippen molar-refractivity contribution >= 4 is 23.2 Å². The van der Waals surface area contributed by atoms with Crippen LogP contribution in [0.3, 0.4) is 0 Å². The fourth-order valence-electron chi connectivity index (χ4n) is 2.69. The standard InChI is InChI=1S/C15H21Cl2NO/c1-11(13-6-5-12(16)9-14(13)17)18-10-15(19)7-3-2-4-8-15/h5-6,9,11,18-19H,2-4,7-8,10H2,1H3. The van der Waals surface area contributed by atoms with Gasteiger partial charge >= 0.3 is 0 Å². The lowest BCUT2D eigenvalue weighted by atomic mass is 9.84. The van der Waals surface area contributed by atoms with E-state index in [-0.39, 0.29) is 6.04 Å². The summed E-state index contributed by atoms with van der Waals surface area (Å²) in [6.07, 6.45) is 5.26. The average molecular weight is 302 g/mol. The summed E-state index contributed by atoms with van der Waals surface area (Å²) >= 11 is 12.1. The molecule has 0 aromatic heterocycles. The molecule has 0 aliphatic heterocycles. The van der Waals surface area contributed by atoms with Gasteiger partial charge in [0.1, 0.15) is 0 Å². The van der Waals surface area contributed by atoms with Crippen molar-refractivity contribution in [3.63, 3.8) is 0 Å². The maximum Gasteiger partial charge on any atom is 0.0771 e. The predicted octanol–water partition coefficient (Wildman–Crippen LogP) is 4.34. The van der Waals surface area contributed by atoms with Gasteiger partial charge in [0.15, 0.2) is 0 Å². The first-order chi connectivity index (χ1) is 9.00. The highest BCUT2D eigenvalue weighted by molar-refractivity contribution is 6.35. The maximum atomic E-state index is 10.5. The van der Waals surface area contributed by atoms with Crippen molar-refractivity contribution < 1.29 is 5.11 Å². The first-order valence-electron chi connectivity index (χ1n) is 6.91. The van der Waals surface area contributed by atoms with Crippen molar-refractivity contribution in [2.24, 2.45) is 0 Å². The van der Waals surface area contributed by atoms with Crippen LogP contribution in [0.4, 0.5) is 0 Å². The molecular weight excluding hydrogens is 281 g/mol. The molecule has 0 spiro atoms. The van der Waals surface area contributed by atoms with Gasteiger partial charge in [-0.25, -0.2) is 0 Å². The van der Waals surface area contributed by atoms with Crippen LogP contribution in [0.15, 0.2) is 18.2 Å². The SMILES string of the molecule is CC(NCC1(O)CCCCC1)c1ccc(Cl)cc1Cl. The van der Waals surface area contributed by atoms with E-state index < -0.39 is 5.60 Å². The molecule has 1 aromatic rings. The molecule has 2 rings (SSSR count). The minimum Gasteiger partial charge on any atom is -0.389 e. The molecule has 0 saturated heterocycles. The first kappa shape index (κ1) is 15.1. The minimum absolute atomic E-state index is 0.107. The zero-order chi connectivity index (χ0) is 13.9. The van der Waals surface area contributed by atoms with Gasteiger partial charge in [0.25, 0.3) is 0 Å². The van der Waals surface area contributed by atoms with Crippen molar-refractivity contribution in [1.29, 1.82) is 0 Å². The van der Waals surface area contributed by atoms with Crippen LogP contribution in [0.25, 0.3) is 0 Å². The smallest absolute Gasteiger partial charge is 0.0771 e. The Labute approximate surface area is 125 Å². The lowest BCUT2D eigenvalue weighted by Crippen LogP contribution is -2.42. The fraction of sp³-hybridized carbons (Fsp3) is 0.600. The van der Waals surface area contributed by atoms with E-state index in [2.05, 4.69) is 12.2 Å². The fourth-order valence-corrected chi connectivity index (χ4v) is 3.26. The zero-order valence-electron chi connectivity index (χ0n) is 11.3. The Balaban J connectivity index is 1.95. The van der Waals surface area contributed by atoms with Crippen molar-refractivity contribution in [3.8, 4) is 0 Å². The summed E-state index contributed by atoms with van der Waals surface area (Å²) in [5, 5.41) is 15.2. The number of halogens is 2. The zero-order valence-corrected chi connectivity index (χ0v) is 12.8. The number of hydrogen-bond acceptors (Lipinski definition) is 2. The summed E-state index contributed by atoms with van der Waals surface area (Å²) in [4.78, 5) is 0. The van der Waals surface area contributed by atoms with Gasteiger partial charge in [0.05, 0.1) is 5.60 Å². The molecule has 2 N–H and O–H groups in total. The monoisotopic (exact) mass is 301 g/mol. The second-order valence-electron chi connectivity index (χ2n) is 5.55. The average Bonchev–Trinajstić information content (AvgIpc) is 2.37. The van der Waals surface area contributed by atoms with E-state index in [4.69, 9.17) is 23.2 Å². The topological polar surface area (TPSA) is 32.3 Å². The highest BCUT2D eigenvalue weighted by atomic mass is 35.5. The Morgan fingerprint density at radius 3 is 2.58 bits per heavy atom. The van der Waals surface area contributed by atoms with Gasteiger partial charge in [-0.3, -0.25) is 0 Å². The Kier molecular flexibility index (Phi) is 5.13. The highest BCUT2D eigenvalue weighted by Crippen LogP contribution is 2.29. The molecule has 1 aliphatic carbocycles. The number of nitrogens with one attached hydrogen (secondary N) is 1. The van der Waals surface area contributed by atoms with Crippen LogP contribution in [0.1, 0.15) is 50.6 Å². The summed E-state index contributed by atoms with van der Waals surface area (Å²) in [7, 11) is 0. The van der Waals surface area contributed by atoms with Gasteiger partial charge in [-0.2, -0.15) is 0 Å². The molecule has 4 heteroatoms. The second kappa shape index (κ2) is 6.45. The van der Waals surface area contributed by atoms with Gasteiger partial charge in [0.2, 0.25) is 0 Å². The molecule has 2 nitrogen and oxygen atoms in total. The molecule has 106 valence electrons. The molecule has 0 radical (unpaired) electrons. The van der Waals surface area contributed by atoms with E-state index in [9.17, 15) is 5.11 Å². The van der Waals surface area contributed by atoms with Crippen molar-refractivity contribution in [1.82, 2.24) is 5.32 Å². The van der Waals surface area contributed by atoms with Crippen LogP contribution < -0.4 is 5.32 Å². The first-order valence-corrected chi connectivity index (χ1v) is 7.66. The molecule has 1 atom stereocenters. The van der Waals surface area contributed by atoms with Gasteiger partial charge < -0.3 is 10.4 Å². The third-order valence-electron chi connectivity index (χ3n) is 3.95. The summed E-state index contributed by atoms with van der Waals surface area (Å²) in [6, 6.07) is 5.64. The third-order valence-corrected chi connectivity index (χ3v) is 4.51. The molecule has 0 heterocycles. The van der Waals surface area contributed by atoms with Crippen LogP contribution >= 0.6 is 23.2 Å². The molecule has 1 fully saturated rings. The van der Waals surface area contributed by atoms with Crippen LogP contribution in [-0.4, -0.2) is 17.3 Å². The van der Waals surface area contributed by atoms with Gasteiger partial charge in [0, 0.05) is 22.6 Å². The van der Waals surface area contributed by atoms with Crippen LogP contribution in [-0.2, 0) is 0 Å². The quantitative estimate of drug-likeness (QED) is 0.867. The summed E-state index contributed by atoms with van der Waals surface area (Å²) < 4.78 is 0. The number of hydrogen-bond donors (Lipinski definition) is 2. The predicted molar refractivity (Wildman–Crippen MR) is 80.9 cm³/mol. The van der Waals surface area contributed by atoms with E-state index in [1.165, 1.54) is 6.42 Å². The van der Waals surface area contributed by atoms with E-state index >= 15 is 0 Å². The Morgan fingerprint density at radius 1 is 1.26 bits per heavy atom. The summed E-state index contributed by atoms with van der Waals surface area (Å²) in [5.41, 5.74) is 0.469. The molecule has 0 bridgehead atoms. The lowest BCUT2D eigenvalue weighted by molar-refractivity contribution is 0.00300. The largest absolute Gasteiger partial charge is 0.389 e. The highest BCUT2D eigenvalue weighted by Gasteiger charge is 2.29. The van der Waals surface area contributed by atoms with Crippen LogP contribution in [0, 0.1) is 0 Å². The minimum atomic E-state index is -0.550. The second-order valence-corrected chi connectivity index (χ2v) is 6.40. The van der Waals surface area contributed by atoms with Gasteiger partial charge in [-0.15, -0.1) is 0 Å². The molecular formula is C15H21Cl2NO. The molecule has 0 amide bonds. The lowest BCUT2D eigenvalue weighted by Gasteiger charge is -2.33. The van der Waals surface area contributed by atoms with Crippen molar-refractivity contribution in [3.05, 3.63) is 33.8 Å². The van der Waals surface area contributed by atoms with E-state index in [1.807, 2.05) is 12.1 Å². The Morgan fingerprint density at radius 2 is 1.95 bits per heavy atom. The maximum absolute atomic E-state index is 10.5. The van der Waals surface area contributed by atoms with Gasteiger partial charge in [-0.05, 0) is 37.5 Å². The molecule has 1 aromatic carbocycles. The normalized spacial score (nSPS) is 20.2. The Hall–Kier alpha value is -0.280. The van der Waals surface area contributed by atoms with Crippen molar-refractivity contribution in [2.75, 3.05) is 6.54 Å². The molecule has 19 heavy (non-hydrogen) atoms. The van der Waals surface area contributed by atoms with E-state index in [0.717, 1.165) is 31.2 Å². The van der Waals surface area contributed by atoms with E-state index in [1.54, 1.807) is 6.07 Å². The molecule has 1 saturated carbocycles. The number of rotatable bonds is 4. The number of aliphatic hydroxyl groups is 1. The third kappa shape index (κ3) is 4.09. The molecule has 1 unspecified atom stereocenters. The van der Waals surface area contributed by atoms with Crippen LogP contribution in [0.5, 0.6) is 0 Å². The Bertz CT molecular complexity index is 430. The number of benzene rings is 1. The molecule has 1 aliphatic rings. The van der Waals surface area contributed by atoms with Crippen molar-refractivity contribution in [2.45, 2.75) is 50.7 Å².